The molecule has 1 unspecified atom stereocenters. The van der Waals surface area contributed by atoms with Crippen LogP contribution in [0.2, 0.25) is 0 Å². The van der Waals surface area contributed by atoms with Crippen LogP contribution in [0.5, 0.6) is 0 Å². The van der Waals surface area contributed by atoms with E-state index >= 15 is 0 Å². The van der Waals surface area contributed by atoms with E-state index in [0.29, 0.717) is 26.2 Å². The van der Waals surface area contributed by atoms with Crippen molar-refractivity contribution in [1.29, 1.82) is 0 Å². The standard InChI is InChI=1S/C26H46N2O3.C2H6/c1-3-5-7-9-14-18-30-23-25(31-19-15-10-8-6-4-2)21-28-26(29)22-27-20-24-16-12-11-13-17-24;1-2/h11-13,16-17,25,27H,3-10,14-15,18-23H2,1-2H3,(H,28,29);1-2H3. The average molecular weight is 465 g/mol. The first-order valence-electron chi connectivity index (χ1n) is 13.5. The number of amides is 1. The van der Waals surface area contributed by atoms with Crippen LogP contribution < -0.4 is 10.6 Å². The summed E-state index contributed by atoms with van der Waals surface area (Å²) in [6.45, 7) is 12.0. The summed E-state index contributed by atoms with van der Waals surface area (Å²) in [6.07, 6.45) is 12.2. The van der Waals surface area contributed by atoms with Gasteiger partial charge in [-0.05, 0) is 18.4 Å². The first kappa shape index (κ1) is 31.6. The van der Waals surface area contributed by atoms with Crippen molar-refractivity contribution in [2.24, 2.45) is 0 Å². The maximum absolute atomic E-state index is 12.2. The van der Waals surface area contributed by atoms with Gasteiger partial charge in [0.2, 0.25) is 5.91 Å². The first-order valence-corrected chi connectivity index (χ1v) is 13.5. The summed E-state index contributed by atoms with van der Waals surface area (Å²) in [4.78, 5) is 12.2. The molecule has 0 aliphatic rings. The highest BCUT2D eigenvalue weighted by molar-refractivity contribution is 5.77. The average Bonchev–Trinajstić information content (AvgIpc) is 2.85. The molecule has 0 aliphatic carbocycles. The van der Waals surface area contributed by atoms with Gasteiger partial charge in [0.25, 0.3) is 0 Å². The van der Waals surface area contributed by atoms with Crippen LogP contribution in [-0.4, -0.2) is 44.9 Å². The van der Waals surface area contributed by atoms with Crippen molar-refractivity contribution in [3.05, 3.63) is 35.9 Å². The Hall–Kier alpha value is -1.43. The molecule has 0 bridgehead atoms. The zero-order valence-electron chi connectivity index (χ0n) is 22.0. The summed E-state index contributed by atoms with van der Waals surface area (Å²) < 4.78 is 11.9. The number of unbranched alkanes of at least 4 members (excludes halogenated alkanes) is 8. The van der Waals surface area contributed by atoms with Crippen molar-refractivity contribution in [2.75, 3.05) is 32.9 Å². The lowest BCUT2D eigenvalue weighted by molar-refractivity contribution is -0.121. The number of hydrogen-bond acceptors (Lipinski definition) is 4. The monoisotopic (exact) mass is 464 g/mol. The van der Waals surface area contributed by atoms with Gasteiger partial charge in [-0.15, -0.1) is 0 Å². The van der Waals surface area contributed by atoms with Crippen LogP contribution in [0.4, 0.5) is 0 Å². The number of benzene rings is 1. The molecule has 1 amide bonds. The van der Waals surface area contributed by atoms with Gasteiger partial charge >= 0.3 is 0 Å². The molecule has 0 spiro atoms. The van der Waals surface area contributed by atoms with Gasteiger partial charge < -0.3 is 20.1 Å². The Morgan fingerprint density at radius 3 is 2.09 bits per heavy atom. The van der Waals surface area contributed by atoms with Crippen molar-refractivity contribution in [1.82, 2.24) is 10.6 Å². The molecule has 33 heavy (non-hydrogen) atoms. The van der Waals surface area contributed by atoms with Crippen LogP contribution in [0, 0.1) is 0 Å². The molecule has 5 heteroatoms. The Balaban J connectivity index is 0.00000497. The SMILES string of the molecule is CC.CCCCCCCOCC(CNC(=O)CNCc1ccccc1)OCCCCCCC. The Labute approximate surface area is 204 Å². The van der Waals surface area contributed by atoms with Crippen molar-refractivity contribution < 1.29 is 14.3 Å². The molecule has 0 saturated carbocycles. The van der Waals surface area contributed by atoms with E-state index in [1.165, 1.54) is 56.9 Å². The summed E-state index contributed by atoms with van der Waals surface area (Å²) in [7, 11) is 0. The molecule has 0 saturated heterocycles. The third kappa shape index (κ3) is 20.9. The predicted molar refractivity (Wildman–Crippen MR) is 141 cm³/mol. The predicted octanol–water partition coefficient (Wildman–Crippen LogP) is 6.26. The zero-order valence-corrected chi connectivity index (χ0v) is 22.0. The number of carbonyl (C=O) groups excluding carboxylic acids is 1. The molecule has 0 heterocycles. The molecule has 0 fully saturated rings. The highest BCUT2D eigenvalue weighted by Crippen LogP contribution is 2.05. The molecule has 2 N–H and O–H groups in total. The number of hydrogen-bond donors (Lipinski definition) is 2. The van der Waals surface area contributed by atoms with Gasteiger partial charge in [0.1, 0.15) is 0 Å². The smallest absolute Gasteiger partial charge is 0.234 e. The van der Waals surface area contributed by atoms with E-state index < -0.39 is 0 Å². The minimum absolute atomic E-state index is 0.00737. The van der Waals surface area contributed by atoms with Crippen LogP contribution in [0.3, 0.4) is 0 Å². The minimum Gasteiger partial charge on any atom is -0.379 e. The third-order valence-electron chi connectivity index (χ3n) is 5.28. The van der Waals surface area contributed by atoms with E-state index in [2.05, 4.69) is 36.6 Å². The molecule has 5 nitrogen and oxygen atoms in total. The number of rotatable bonds is 21. The van der Waals surface area contributed by atoms with E-state index in [0.717, 1.165) is 26.1 Å². The van der Waals surface area contributed by atoms with Crippen molar-refractivity contribution >= 4 is 5.91 Å². The molecular formula is C28H52N2O3. The van der Waals surface area contributed by atoms with Crippen molar-refractivity contribution in [3.8, 4) is 0 Å². The summed E-state index contributed by atoms with van der Waals surface area (Å²) in [5.74, 6) is -0.00737. The Bertz CT molecular complexity index is 525. The Kier molecular flexibility index (Phi) is 24.1. The van der Waals surface area contributed by atoms with Gasteiger partial charge in [0, 0.05) is 26.3 Å². The van der Waals surface area contributed by atoms with Crippen LogP contribution in [-0.2, 0) is 20.8 Å². The van der Waals surface area contributed by atoms with Gasteiger partial charge in [-0.2, -0.15) is 0 Å². The maximum atomic E-state index is 12.2. The molecular weight excluding hydrogens is 412 g/mol. The second kappa shape index (κ2) is 25.2. The van der Waals surface area contributed by atoms with Crippen molar-refractivity contribution in [2.45, 2.75) is 105 Å². The van der Waals surface area contributed by atoms with Crippen LogP contribution in [0.15, 0.2) is 30.3 Å². The highest BCUT2D eigenvalue weighted by Gasteiger charge is 2.11. The lowest BCUT2D eigenvalue weighted by Crippen LogP contribution is -2.40. The number of nitrogens with one attached hydrogen (secondary N) is 2. The lowest BCUT2D eigenvalue weighted by atomic mass is 10.2. The van der Waals surface area contributed by atoms with E-state index in [9.17, 15) is 4.79 Å². The normalized spacial score (nSPS) is 11.5. The second-order valence-electron chi connectivity index (χ2n) is 8.29. The van der Waals surface area contributed by atoms with Crippen molar-refractivity contribution in [3.63, 3.8) is 0 Å². The van der Waals surface area contributed by atoms with E-state index in [4.69, 9.17) is 9.47 Å². The number of carbonyl (C=O) groups is 1. The molecule has 0 radical (unpaired) electrons. The third-order valence-corrected chi connectivity index (χ3v) is 5.28. The second-order valence-corrected chi connectivity index (χ2v) is 8.29. The summed E-state index contributed by atoms with van der Waals surface area (Å²) >= 11 is 0. The largest absolute Gasteiger partial charge is 0.379 e. The van der Waals surface area contributed by atoms with Gasteiger partial charge in [-0.25, -0.2) is 0 Å². The van der Waals surface area contributed by atoms with Gasteiger partial charge in [-0.3, -0.25) is 4.79 Å². The fraction of sp³-hybridized carbons (Fsp3) is 0.750. The molecule has 192 valence electrons. The fourth-order valence-corrected chi connectivity index (χ4v) is 3.35. The quantitative estimate of drug-likeness (QED) is 0.211. The lowest BCUT2D eigenvalue weighted by Gasteiger charge is -2.19. The molecule has 1 aromatic carbocycles. The van der Waals surface area contributed by atoms with Gasteiger partial charge in [0.05, 0.1) is 19.3 Å². The summed E-state index contributed by atoms with van der Waals surface area (Å²) in [5.41, 5.74) is 1.17. The first-order chi connectivity index (χ1) is 16.3. The maximum Gasteiger partial charge on any atom is 0.234 e. The minimum atomic E-state index is -0.0834. The number of ether oxygens (including phenoxy) is 2. The van der Waals surface area contributed by atoms with E-state index in [-0.39, 0.29) is 12.0 Å². The molecule has 1 rings (SSSR count). The van der Waals surface area contributed by atoms with E-state index in [1.54, 1.807) is 0 Å². The van der Waals surface area contributed by atoms with Crippen LogP contribution in [0.1, 0.15) is 97.5 Å². The zero-order chi connectivity index (χ0) is 24.4. The highest BCUT2D eigenvalue weighted by atomic mass is 16.5. The van der Waals surface area contributed by atoms with Crippen LogP contribution in [0.25, 0.3) is 0 Å². The Morgan fingerprint density at radius 1 is 0.848 bits per heavy atom. The summed E-state index contributed by atoms with van der Waals surface area (Å²) in [5, 5.41) is 6.18. The van der Waals surface area contributed by atoms with Gasteiger partial charge in [0.15, 0.2) is 0 Å². The molecule has 0 aliphatic heterocycles. The van der Waals surface area contributed by atoms with Gasteiger partial charge in [-0.1, -0.05) is 109 Å². The fourth-order valence-electron chi connectivity index (χ4n) is 3.35. The van der Waals surface area contributed by atoms with Crippen LogP contribution >= 0.6 is 0 Å². The molecule has 0 aromatic heterocycles. The molecule has 1 aromatic rings. The Morgan fingerprint density at radius 2 is 1.45 bits per heavy atom. The van der Waals surface area contributed by atoms with E-state index in [1.807, 2.05) is 32.0 Å². The topological polar surface area (TPSA) is 59.6 Å². The summed E-state index contributed by atoms with van der Waals surface area (Å²) in [6, 6.07) is 10.1. The molecule has 1 atom stereocenters.